The van der Waals surface area contributed by atoms with Crippen LogP contribution in [0.2, 0.25) is 0 Å². The fourth-order valence-corrected chi connectivity index (χ4v) is 2.98. The van der Waals surface area contributed by atoms with E-state index >= 15 is 0 Å². The average Bonchev–Trinajstić information content (AvgIpc) is 3.34. The maximum absolute atomic E-state index is 12.2. The maximum Gasteiger partial charge on any atom is 0.266 e. The monoisotopic (exact) mass is 362 g/mol. The minimum atomic E-state index is -0.226. The summed E-state index contributed by atoms with van der Waals surface area (Å²) in [6, 6.07) is 14.5. The first-order valence-electron chi connectivity index (χ1n) is 8.64. The van der Waals surface area contributed by atoms with Gasteiger partial charge in [0.15, 0.2) is 5.76 Å². The Hall–Kier alpha value is -3.61. The van der Waals surface area contributed by atoms with Gasteiger partial charge in [-0.05, 0) is 29.8 Å². The van der Waals surface area contributed by atoms with Crippen LogP contribution in [0.3, 0.4) is 0 Å². The van der Waals surface area contributed by atoms with Crippen LogP contribution in [-0.4, -0.2) is 27.2 Å². The van der Waals surface area contributed by atoms with Crippen molar-refractivity contribution in [3.8, 4) is 11.5 Å². The highest BCUT2D eigenvalue weighted by molar-refractivity contribution is 5.88. The van der Waals surface area contributed by atoms with Crippen LogP contribution in [0.5, 0.6) is 0 Å². The SMILES string of the molecule is O=C(Cc1c[nH]c2ccccc12)NCCn1nc(-c2ccco2)ccc1=O. The molecule has 0 aliphatic carbocycles. The lowest BCUT2D eigenvalue weighted by atomic mass is 10.1. The van der Waals surface area contributed by atoms with Crippen molar-refractivity contribution >= 4 is 16.8 Å². The van der Waals surface area contributed by atoms with E-state index in [1.54, 1.807) is 24.5 Å². The minimum Gasteiger partial charge on any atom is -0.463 e. The molecule has 2 N–H and O–H groups in total. The largest absolute Gasteiger partial charge is 0.463 e. The molecule has 1 amide bonds. The molecule has 4 rings (SSSR count). The van der Waals surface area contributed by atoms with Crippen molar-refractivity contribution in [3.05, 3.63) is 76.9 Å². The van der Waals surface area contributed by atoms with E-state index in [0.717, 1.165) is 16.5 Å². The van der Waals surface area contributed by atoms with Gasteiger partial charge in [-0.25, -0.2) is 4.68 Å². The van der Waals surface area contributed by atoms with E-state index < -0.39 is 0 Å². The van der Waals surface area contributed by atoms with Crippen LogP contribution in [0, 0.1) is 0 Å². The number of fused-ring (bicyclic) bond motifs is 1. The van der Waals surface area contributed by atoms with Crippen molar-refractivity contribution in [2.24, 2.45) is 0 Å². The smallest absolute Gasteiger partial charge is 0.266 e. The zero-order valence-electron chi connectivity index (χ0n) is 14.5. The fraction of sp³-hybridized carbons (Fsp3) is 0.150. The highest BCUT2D eigenvalue weighted by atomic mass is 16.3. The van der Waals surface area contributed by atoms with Gasteiger partial charge in [-0.1, -0.05) is 18.2 Å². The van der Waals surface area contributed by atoms with E-state index in [1.807, 2.05) is 30.5 Å². The number of nitrogens with one attached hydrogen (secondary N) is 2. The number of hydrogen-bond acceptors (Lipinski definition) is 4. The van der Waals surface area contributed by atoms with E-state index in [2.05, 4.69) is 15.4 Å². The van der Waals surface area contributed by atoms with Gasteiger partial charge >= 0.3 is 0 Å². The Labute approximate surface area is 154 Å². The van der Waals surface area contributed by atoms with Crippen molar-refractivity contribution in [3.63, 3.8) is 0 Å². The number of nitrogens with zero attached hydrogens (tertiary/aromatic N) is 2. The Morgan fingerprint density at radius 2 is 2.04 bits per heavy atom. The first-order chi connectivity index (χ1) is 13.2. The third-order valence-corrected chi connectivity index (χ3v) is 4.31. The van der Waals surface area contributed by atoms with Gasteiger partial charge < -0.3 is 14.7 Å². The van der Waals surface area contributed by atoms with Gasteiger partial charge in [0.2, 0.25) is 5.91 Å². The molecule has 136 valence electrons. The molecule has 0 aliphatic rings. The summed E-state index contributed by atoms with van der Waals surface area (Å²) in [4.78, 5) is 27.4. The summed E-state index contributed by atoms with van der Waals surface area (Å²) in [6.07, 6.45) is 3.68. The van der Waals surface area contributed by atoms with Crippen molar-refractivity contribution in [1.29, 1.82) is 0 Å². The number of aromatic amines is 1. The van der Waals surface area contributed by atoms with Crippen LogP contribution in [0.25, 0.3) is 22.4 Å². The molecule has 0 fully saturated rings. The highest BCUT2D eigenvalue weighted by Crippen LogP contribution is 2.18. The zero-order valence-corrected chi connectivity index (χ0v) is 14.5. The highest BCUT2D eigenvalue weighted by Gasteiger charge is 2.09. The molecular formula is C20H18N4O3. The summed E-state index contributed by atoms with van der Waals surface area (Å²) in [5, 5.41) is 8.16. The number of hydrogen-bond donors (Lipinski definition) is 2. The van der Waals surface area contributed by atoms with Gasteiger partial charge in [0.1, 0.15) is 5.69 Å². The van der Waals surface area contributed by atoms with Gasteiger partial charge in [-0.15, -0.1) is 0 Å². The third-order valence-electron chi connectivity index (χ3n) is 4.31. The second-order valence-electron chi connectivity index (χ2n) is 6.14. The second kappa shape index (κ2) is 7.33. The predicted molar refractivity (Wildman–Crippen MR) is 101 cm³/mol. The molecule has 0 radical (unpaired) electrons. The van der Waals surface area contributed by atoms with Crippen LogP contribution in [-0.2, 0) is 17.8 Å². The topological polar surface area (TPSA) is 92.9 Å². The number of benzene rings is 1. The number of aromatic nitrogens is 3. The van der Waals surface area contributed by atoms with Gasteiger partial charge in [0, 0.05) is 29.7 Å². The Morgan fingerprint density at radius 3 is 2.89 bits per heavy atom. The number of amides is 1. The molecule has 7 nitrogen and oxygen atoms in total. The van der Waals surface area contributed by atoms with Crippen LogP contribution < -0.4 is 10.9 Å². The molecule has 0 saturated carbocycles. The molecule has 27 heavy (non-hydrogen) atoms. The summed E-state index contributed by atoms with van der Waals surface area (Å²) in [5.74, 6) is 0.488. The normalized spacial score (nSPS) is 11.0. The summed E-state index contributed by atoms with van der Waals surface area (Å²) in [7, 11) is 0. The molecule has 1 aromatic carbocycles. The Kier molecular flexibility index (Phi) is 4.57. The van der Waals surface area contributed by atoms with Crippen molar-refractivity contribution in [2.75, 3.05) is 6.54 Å². The van der Waals surface area contributed by atoms with Crippen molar-refractivity contribution in [2.45, 2.75) is 13.0 Å². The predicted octanol–water partition coefficient (Wildman–Crippen LogP) is 2.34. The quantitative estimate of drug-likeness (QED) is 0.551. The number of H-pyrrole nitrogens is 1. The molecule has 3 heterocycles. The lowest BCUT2D eigenvalue weighted by molar-refractivity contribution is -0.120. The number of carbonyl (C=O) groups excluding carboxylic acids is 1. The number of carbonyl (C=O) groups is 1. The third kappa shape index (κ3) is 3.67. The lowest BCUT2D eigenvalue weighted by Gasteiger charge is -2.07. The number of furan rings is 1. The molecule has 7 heteroatoms. The fourth-order valence-electron chi connectivity index (χ4n) is 2.98. The molecule has 0 atom stereocenters. The molecule has 0 bridgehead atoms. The second-order valence-corrected chi connectivity index (χ2v) is 6.14. The Morgan fingerprint density at radius 1 is 1.15 bits per heavy atom. The number of para-hydroxylation sites is 1. The van der Waals surface area contributed by atoms with Gasteiger partial charge in [0.05, 0.1) is 19.2 Å². The molecular weight excluding hydrogens is 344 g/mol. The standard InChI is InChI=1S/C20H18N4O3/c25-19(12-14-13-22-16-5-2-1-4-15(14)16)21-9-10-24-20(26)8-7-17(23-24)18-6-3-11-27-18/h1-8,11,13,22H,9-10,12H2,(H,21,25). The van der Waals surface area contributed by atoms with Crippen LogP contribution in [0.15, 0.2) is 70.2 Å². The van der Waals surface area contributed by atoms with Crippen LogP contribution in [0.1, 0.15) is 5.56 Å². The molecule has 0 spiro atoms. The van der Waals surface area contributed by atoms with E-state index in [9.17, 15) is 9.59 Å². The maximum atomic E-state index is 12.2. The summed E-state index contributed by atoms with van der Waals surface area (Å²) < 4.78 is 6.62. The lowest BCUT2D eigenvalue weighted by Crippen LogP contribution is -2.32. The molecule has 0 aliphatic heterocycles. The zero-order chi connectivity index (χ0) is 18.6. The van der Waals surface area contributed by atoms with Gasteiger partial charge in [0.25, 0.3) is 5.56 Å². The molecule has 0 unspecified atom stereocenters. The molecule has 4 aromatic rings. The average molecular weight is 362 g/mol. The number of rotatable bonds is 6. The first kappa shape index (κ1) is 16.8. The van der Waals surface area contributed by atoms with E-state index in [-0.39, 0.29) is 24.4 Å². The van der Waals surface area contributed by atoms with Crippen molar-refractivity contribution < 1.29 is 9.21 Å². The summed E-state index contributed by atoms with van der Waals surface area (Å²) in [6.45, 7) is 0.600. The van der Waals surface area contributed by atoms with E-state index in [4.69, 9.17) is 4.42 Å². The van der Waals surface area contributed by atoms with Crippen LogP contribution >= 0.6 is 0 Å². The molecule has 3 aromatic heterocycles. The van der Waals surface area contributed by atoms with Crippen LogP contribution in [0.4, 0.5) is 0 Å². The van der Waals surface area contributed by atoms with Gasteiger partial charge in [-0.3, -0.25) is 9.59 Å². The summed E-state index contributed by atoms with van der Waals surface area (Å²) >= 11 is 0. The van der Waals surface area contributed by atoms with Crippen molar-refractivity contribution in [1.82, 2.24) is 20.1 Å². The Bertz CT molecular complexity index is 1130. The molecule has 0 saturated heterocycles. The van der Waals surface area contributed by atoms with E-state index in [0.29, 0.717) is 18.0 Å². The van der Waals surface area contributed by atoms with E-state index in [1.165, 1.54) is 10.7 Å². The minimum absolute atomic E-state index is 0.102. The first-order valence-corrected chi connectivity index (χ1v) is 8.64. The van der Waals surface area contributed by atoms with Gasteiger partial charge in [-0.2, -0.15) is 5.10 Å². The Balaban J connectivity index is 1.37. The summed E-state index contributed by atoms with van der Waals surface area (Å²) in [5.41, 5.74) is 2.30.